The van der Waals surface area contributed by atoms with E-state index in [-0.39, 0.29) is 0 Å². The molecule has 0 aromatic carbocycles. The van der Waals surface area contributed by atoms with Crippen molar-refractivity contribution in [2.45, 2.75) is 0 Å². The van der Waals surface area contributed by atoms with E-state index in [4.69, 9.17) is 5.73 Å². The number of hydrogen-bond donors (Lipinski definition) is 3. The van der Waals surface area contributed by atoms with Crippen LogP contribution in [0.3, 0.4) is 0 Å². The molecule has 0 aliphatic carbocycles. The molecule has 0 aliphatic heterocycles. The van der Waals surface area contributed by atoms with Gasteiger partial charge in [0.2, 0.25) is 0 Å². The van der Waals surface area contributed by atoms with Gasteiger partial charge in [0.1, 0.15) is 11.2 Å². The molecule has 0 radical (unpaired) electrons. The predicted molar refractivity (Wildman–Crippen MR) is 55.9 cm³/mol. The first-order valence-corrected chi connectivity index (χ1v) is 4.43. The molecule has 3 rings (SSSR count). The summed E-state index contributed by atoms with van der Waals surface area (Å²) in [5, 5.41) is 0. The number of H-pyrrole nitrogens is 2. The summed E-state index contributed by atoms with van der Waals surface area (Å²) in [6.07, 6.45) is 5.01. The predicted octanol–water partition coefficient (Wildman–Crippen LogP) is 0.930. The van der Waals surface area contributed by atoms with E-state index >= 15 is 0 Å². The van der Waals surface area contributed by atoms with Gasteiger partial charge < -0.3 is 15.7 Å². The molecule has 3 aromatic heterocycles. The van der Waals surface area contributed by atoms with E-state index in [0.29, 0.717) is 5.95 Å². The van der Waals surface area contributed by atoms with Crippen LogP contribution in [0.1, 0.15) is 0 Å². The minimum atomic E-state index is 0.388. The summed E-state index contributed by atoms with van der Waals surface area (Å²) in [6.45, 7) is 0. The molecule has 0 saturated carbocycles. The topological polar surface area (TPSA) is 96.3 Å². The molecule has 0 spiro atoms. The summed E-state index contributed by atoms with van der Waals surface area (Å²) in [4.78, 5) is 18.3. The number of fused-ring (bicyclic) bond motifs is 1. The lowest BCUT2D eigenvalue weighted by molar-refractivity contribution is 1.28. The van der Waals surface area contributed by atoms with E-state index < -0.39 is 0 Å². The second kappa shape index (κ2) is 2.81. The van der Waals surface area contributed by atoms with Gasteiger partial charge in [-0.2, -0.15) is 0 Å². The van der Waals surface area contributed by atoms with Crippen molar-refractivity contribution in [3.8, 4) is 11.4 Å². The standard InChI is InChI=1S/C9H8N6/c10-9-14-5-1-2-12-7(8(5)15-9)6-3-11-4-13-6/h1-4H,(H,11,13)(H3,10,14,15). The minimum absolute atomic E-state index is 0.388. The number of nitrogens with two attached hydrogens (primary N) is 1. The molecule has 3 heterocycles. The third kappa shape index (κ3) is 1.15. The third-order valence-electron chi connectivity index (χ3n) is 2.17. The zero-order valence-electron chi connectivity index (χ0n) is 7.73. The van der Waals surface area contributed by atoms with Gasteiger partial charge in [0, 0.05) is 6.20 Å². The number of nitrogen functional groups attached to an aromatic ring is 1. The SMILES string of the molecule is Nc1nc2c(-c3cnc[nH]3)nccc2[nH]1. The lowest BCUT2D eigenvalue weighted by atomic mass is 10.2. The summed E-state index contributed by atoms with van der Waals surface area (Å²) in [6, 6.07) is 1.83. The van der Waals surface area contributed by atoms with Crippen molar-refractivity contribution >= 4 is 17.0 Å². The number of nitrogens with zero attached hydrogens (tertiary/aromatic N) is 3. The molecule has 4 N–H and O–H groups in total. The molecule has 3 aromatic rings. The summed E-state index contributed by atoms with van der Waals surface area (Å²) < 4.78 is 0. The maximum Gasteiger partial charge on any atom is 0.198 e. The first-order valence-electron chi connectivity index (χ1n) is 4.43. The van der Waals surface area contributed by atoms with Crippen LogP contribution in [0, 0.1) is 0 Å². The quantitative estimate of drug-likeness (QED) is 0.544. The average molecular weight is 200 g/mol. The molecule has 0 fully saturated rings. The lowest BCUT2D eigenvalue weighted by Gasteiger charge is -1.96. The number of aromatic nitrogens is 5. The van der Waals surface area contributed by atoms with Gasteiger partial charge in [-0.25, -0.2) is 9.97 Å². The first kappa shape index (κ1) is 7.98. The minimum Gasteiger partial charge on any atom is -0.369 e. The van der Waals surface area contributed by atoms with Crippen LogP contribution in [0.15, 0.2) is 24.8 Å². The van der Waals surface area contributed by atoms with E-state index in [1.165, 1.54) is 0 Å². The highest BCUT2D eigenvalue weighted by Crippen LogP contribution is 2.22. The van der Waals surface area contributed by atoms with Crippen LogP contribution in [-0.4, -0.2) is 24.9 Å². The number of anilines is 1. The van der Waals surface area contributed by atoms with Gasteiger partial charge in [0.05, 0.1) is 23.7 Å². The number of nitrogens with one attached hydrogen (secondary N) is 2. The fraction of sp³-hybridized carbons (Fsp3) is 0. The Kier molecular flexibility index (Phi) is 1.49. The van der Waals surface area contributed by atoms with Crippen molar-refractivity contribution in [1.82, 2.24) is 24.9 Å². The molecule has 15 heavy (non-hydrogen) atoms. The zero-order chi connectivity index (χ0) is 10.3. The van der Waals surface area contributed by atoms with Crippen molar-refractivity contribution in [2.24, 2.45) is 0 Å². The van der Waals surface area contributed by atoms with Gasteiger partial charge in [0.25, 0.3) is 0 Å². The molecular formula is C9H8N6. The van der Waals surface area contributed by atoms with E-state index in [9.17, 15) is 0 Å². The normalized spacial score (nSPS) is 10.9. The summed E-state index contributed by atoms with van der Waals surface area (Å²) in [5.41, 5.74) is 8.78. The van der Waals surface area contributed by atoms with Crippen molar-refractivity contribution in [2.75, 3.05) is 5.73 Å². The summed E-state index contributed by atoms with van der Waals surface area (Å²) >= 11 is 0. The van der Waals surface area contributed by atoms with Crippen molar-refractivity contribution in [3.63, 3.8) is 0 Å². The van der Waals surface area contributed by atoms with Gasteiger partial charge in [-0.15, -0.1) is 0 Å². The molecule has 0 atom stereocenters. The van der Waals surface area contributed by atoms with Crippen molar-refractivity contribution in [3.05, 3.63) is 24.8 Å². The molecule has 0 amide bonds. The number of rotatable bonds is 1. The van der Waals surface area contributed by atoms with Gasteiger partial charge in [-0.1, -0.05) is 0 Å². The molecule has 6 nitrogen and oxygen atoms in total. The molecule has 0 saturated heterocycles. The zero-order valence-corrected chi connectivity index (χ0v) is 7.73. The van der Waals surface area contributed by atoms with Crippen molar-refractivity contribution < 1.29 is 0 Å². The number of pyridine rings is 1. The summed E-state index contributed by atoms with van der Waals surface area (Å²) in [7, 11) is 0. The van der Waals surface area contributed by atoms with Crippen LogP contribution in [0.4, 0.5) is 5.95 Å². The van der Waals surface area contributed by atoms with Crippen LogP contribution in [0.5, 0.6) is 0 Å². The molecular weight excluding hydrogens is 192 g/mol. The number of aromatic amines is 2. The highest BCUT2D eigenvalue weighted by atomic mass is 15.0. The van der Waals surface area contributed by atoms with Gasteiger partial charge >= 0.3 is 0 Å². The van der Waals surface area contributed by atoms with Crippen LogP contribution >= 0.6 is 0 Å². The van der Waals surface area contributed by atoms with E-state index in [2.05, 4.69) is 24.9 Å². The van der Waals surface area contributed by atoms with E-state index in [1.807, 2.05) is 6.07 Å². The van der Waals surface area contributed by atoms with Crippen LogP contribution < -0.4 is 5.73 Å². The van der Waals surface area contributed by atoms with Crippen LogP contribution in [0.2, 0.25) is 0 Å². The van der Waals surface area contributed by atoms with E-state index in [1.54, 1.807) is 18.7 Å². The average Bonchev–Trinajstić information content (AvgIpc) is 2.82. The Morgan fingerprint density at radius 1 is 1.33 bits per heavy atom. The van der Waals surface area contributed by atoms with Gasteiger partial charge in [-0.3, -0.25) is 4.98 Å². The highest BCUT2D eigenvalue weighted by Gasteiger charge is 2.09. The fourth-order valence-electron chi connectivity index (χ4n) is 1.54. The van der Waals surface area contributed by atoms with Gasteiger partial charge in [-0.05, 0) is 6.07 Å². The maximum atomic E-state index is 5.59. The lowest BCUT2D eigenvalue weighted by Crippen LogP contribution is -1.86. The second-order valence-corrected chi connectivity index (χ2v) is 3.14. The largest absolute Gasteiger partial charge is 0.369 e. The Morgan fingerprint density at radius 3 is 3.07 bits per heavy atom. The molecule has 0 aliphatic rings. The van der Waals surface area contributed by atoms with E-state index in [0.717, 1.165) is 22.4 Å². The van der Waals surface area contributed by atoms with Crippen LogP contribution in [0.25, 0.3) is 22.4 Å². The van der Waals surface area contributed by atoms with Gasteiger partial charge in [0.15, 0.2) is 5.95 Å². The van der Waals surface area contributed by atoms with Crippen LogP contribution in [-0.2, 0) is 0 Å². The Morgan fingerprint density at radius 2 is 2.27 bits per heavy atom. The Hall–Kier alpha value is -2.37. The Labute approximate surface area is 84.6 Å². The smallest absolute Gasteiger partial charge is 0.198 e. The third-order valence-corrected chi connectivity index (χ3v) is 2.17. The molecule has 0 unspecified atom stereocenters. The first-order chi connectivity index (χ1) is 7.34. The van der Waals surface area contributed by atoms with Crippen molar-refractivity contribution in [1.29, 1.82) is 0 Å². The molecule has 0 bridgehead atoms. The maximum absolute atomic E-state index is 5.59. The molecule has 74 valence electrons. The fourth-order valence-corrected chi connectivity index (χ4v) is 1.54. The number of hydrogen-bond acceptors (Lipinski definition) is 4. The Balaban J connectivity index is 2.35. The number of imidazole rings is 2. The Bertz CT molecular complexity index is 594. The summed E-state index contributed by atoms with van der Waals surface area (Å²) in [5.74, 6) is 0.388. The highest BCUT2D eigenvalue weighted by molar-refractivity contribution is 5.89. The monoisotopic (exact) mass is 200 g/mol. The molecule has 6 heteroatoms. The second-order valence-electron chi connectivity index (χ2n) is 3.14.